The number of fused-ring (bicyclic) bond motifs is 8. The minimum absolute atomic E-state index is 0.106. The summed E-state index contributed by atoms with van der Waals surface area (Å²) in [6.07, 6.45) is 7.55. The molecule has 3 aromatic heterocycles. The molecule has 0 amide bonds. The zero-order chi connectivity index (χ0) is 22.8. The minimum atomic E-state index is -4.46. The first-order valence-electron chi connectivity index (χ1n) is 10.1. The predicted molar refractivity (Wildman–Crippen MR) is 128 cm³/mol. The van der Waals surface area contributed by atoms with Crippen LogP contribution in [0, 0.1) is 20.8 Å². The fourth-order valence-electron chi connectivity index (χ4n) is 4.58. The van der Waals surface area contributed by atoms with E-state index < -0.39 is 10.1 Å². The summed E-state index contributed by atoms with van der Waals surface area (Å²) in [7, 11) is -2.66. The average Bonchev–Trinajstić information content (AvgIpc) is 3.44. The number of H-pyrrole nitrogens is 1. The van der Waals surface area contributed by atoms with Crippen molar-refractivity contribution >= 4 is 56.5 Å². The SMILES string of the molecule is Cc1cc2cc3nc(cc4nc(cc5c(S(=O)(=O)O)c(C)c(c(C)c1[nH]2)n5C)C=C4)C=C3. The summed E-state index contributed by atoms with van der Waals surface area (Å²) in [6.45, 7) is 5.66. The molecule has 7 nitrogen and oxygen atoms in total. The maximum atomic E-state index is 12.4. The van der Waals surface area contributed by atoms with Crippen molar-refractivity contribution in [3.63, 3.8) is 0 Å². The van der Waals surface area contributed by atoms with Crippen molar-refractivity contribution in [3.8, 4) is 0 Å². The lowest BCUT2D eigenvalue weighted by molar-refractivity contribution is 0.483. The Kier molecular flexibility index (Phi) is 4.47. The van der Waals surface area contributed by atoms with Crippen molar-refractivity contribution in [1.82, 2.24) is 19.5 Å². The van der Waals surface area contributed by atoms with Crippen LogP contribution in [0.2, 0.25) is 0 Å². The summed E-state index contributed by atoms with van der Waals surface area (Å²) in [6, 6.07) is 7.56. The van der Waals surface area contributed by atoms with Gasteiger partial charge >= 0.3 is 0 Å². The molecule has 2 aliphatic rings. The molecule has 5 rings (SSSR count). The molecule has 0 saturated heterocycles. The van der Waals surface area contributed by atoms with Gasteiger partial charge in [0, 0.05) is 18.1 Å². The van der Waals surface area contributed by atoms with E-state index in [1.54, 1.807) is 24.6 Å². The number of aryl methyl sites for hydroxylation is 4. The molecule has 32 heavy (non-hydrogen) atoms. The molecule has 0 atom stereocenters. The van der Waals surface area contributed by atoms with Gasteiger partial charge in [-0.1, -0.05) is 0 Å². The van der Waals surface area contributed by atoms with Gasteiger partial charge in [-0.25, -0.2) is 9.97 Å². The summed E-state index contributed by atoms with van der Waals surface area (Å²) >= 11 is 0. The smallest absolute Gasteiger partial charge is 0.296 e. The molecule has 0 aromatic carbocycles. The van der Waals surface area contributed by atoms with Gasteiger partial charge in [0.25, 0.3) is 10.1 Å². The van der Waals surface area contributed by atoms with Crippen molar-refractivity contribution in [2.24, 2.45) is 7.05 Å². The van der Waals surface area contributed by atoms with E-state index in [1.165, 1.54) is 0 Å². The standard InChI is InChI=1S/C24H22N4O3S/c1-13-9-20-11-18-6-5-16(25-18)10-17-7-8-19(26-17)12-21-24(32(29,30)31)15(3)23(28(21)4)14(2)22(13)27-20/h5-12,27H,1-4H3,(H,29,30,31). The summed E-state index contributed by atoms with van der Waals surface area (Å²) < 4.78 is 36.6. The third-order valence-corrected chi connectivity index (χ3v) is 6.93. The quantitative estimate of drug-likeness (QED) is 0.359. The average molecular weight is 447 g/mol. The number of nitrogens with one attached hydrogen (secondary N) is 1. The monoisotopic (exact) mass is 446 g/mol. The predicted octanol–water partition coefficient (Wildman–Crippen LogP) is 4.84. The van der Waals surface area contributed by atoms with Crippen molar-refractivity contribution in [2.75, 3.05) is 0 Å². The van der Waals surface area contributed by atoms with Crippen LogP contribution in [0.1, 0.15) is 39.5 Å². The lowest BCUT2D eigenvalue weighted by atomic mass is 10.1. The van der Waals surface area contributed by atoms with Gasteiger partial charge in [-0.3, -0.25) is 4.55 Å². The Labute approximate surface area is 185 Å². The highest BCUT2D eigenvalue weighted by atomic mass is 32.2. The Morgan fingerprint density at radius 3 is 2.00 bits per heavy atom. The first kappa shape index (κ1) is 20.4. The molecule has 2 N–H and O–H groups in total. The molecular formula is C24H22N4O3S. The second kappa shape index (κ2) is 7.01. The molecular weight excluding hydrogens is 424 g/mol. The first-order chi connectivity index (χ1) is 15.1. The lowest BCUT2D eigenvalue weighted by Crippen LogP contribution is -1.99. The van der Waals surface area contributed by atoms with Crippen molar-refractivity contribution < 1.29 is 13.0 Å². The largest absolute Gasteiger partial charge is 0.355 e. The Morgan fingerprint density at radius 2 is 1.41 bits per heavy atom. The van der Waals surface area contributed by atoms with Gasteiger partial charge in [0.15, 0.2) is 0 Å². The third kappa shape index (κ3) is 3.28. The van der Waals surface area contributed by atoms with Crippen LogP contribution in [0.5, 0.6) is 0 Å². The number of nitrogens with zero attached hydrogens (tertiary/aromatic N) is 3. The van der Waals surface area contributed by atoms with Crippen LogP contribution in [0.4, 0.5) is 0 Å². The van der Waals surface area contributed by atoms with Crippen LogP contribution in [-0.4, -0.2) is 32.5 Å². The first-order valence-corrected chi connectivity index (χ1v) is 11.6. The Hall–Kier alpha value is -3.49. The molecule has 3 aromatic rings. The zero-order valence-corrected chi connectivity index (χ0v) is 18.9. The highest BCUT2D eigenvalue weighted by Crippen LogP contribution is 2.32. The fourth-order valence-corrected chi connectivity index (χ4v) is 5.52. The molecule has 0 saturated carbocycles. The molecule has 0 spiro atoms. The molecule has 162 valence electrons. The summed E-state index contributed by atoms with van der Waals surface area (Å²) in [4.78, 5) is 12.5. The molecule has 0 fully saturated rings. The topological polar surface area (TPSA) is 101 Å². The van der Waals surface area contributed by atoms with E-state index in [-0.39, 0.29) is 4.90 Å². The van der Waals surface area contributed by atoms with Crippen LogP contribution in [-0.2, 0) is 17.2 Å². The van der Waals surface area contributed by atoms with Gasteiger partial charge in [-0.15, -0.1) is 0 Å². The van der Waals surface area contributed by atoms with Gasteiger partial charge in [0.2, 0.25) is 0 Å². The van der Waals surface area contributed by atoms with E-state index in [4.69, 9.17) is 0 Å². The van der Waals surface area contributed by atoms with Gasteiger partial charge < -0.3 is 9.55 Å². The lowest BCUT2D eigenvalue weighted by Gasteiger charge is -2.02. The maximum Gasteiger partial charge on any atom is 0.296 e. The molecule has 2 aliphatic heterocycles. The van der Waals surface area contributed by atoms with Crippen LogP contribution in [0.3, 0.4) is 0 Å². The van der Waals surface area contributed by atoms with E-state index in [0.29, 0.717) is 22.5 Å². The van der Waals surface area contributed by atoms with Gasteiger partial charge in [0.1, 0.15) is 4.90 Å². The second-order valence-electron chi connectivity index (χ2n) is 8.15. The summed E-state index contributed by atoms with van der Waals surface area (Å²) in [5, 5.41) is 0. The zero-order valence-electron chi connectivity index (χ0n) is 18.1. The number of aromatic nitrogens is 4. The summed E-state index contributed by atoms with van der Waals surface area (Å²) in [5.74, 6) is 0. The number of rotatable bonds is 1. The maximum absolute atomic E-state index is 12.4. The molecule has 0 aliphatic carbocycles. The van der Waals surface area contributed by atoms with Crippen LogP contribution in [0.25, 0.3) is 46.4 Å². The van der Waals surface area contributed by atoms with E-state index in [2.05, 4.69) is 15.0 Å². The fraction of sp³-hybridized carbons (Fsp3) is 0.167. The number of hydrogen-bond donors (Lipinski definition) is 2. The van der Waals surface area contributed by atoms with Crippen molar-refractivity contribution in [3.05, 3.63) is 63.7 Å². The summed E-state index contributed by atoms with van der Waals surface area (Å²) in [5.41, 5.74) is 8.21. The van der Waals surface area contributed by atoms with Crippen LogP contribution in [0.15, 0.2) is 29.2 Å². The van der Waals surface area contributed by atoms with Gasteiger partial charge in [-0.05, 0) is 86.0 Å². The minimum Gasteiger partial charge on any atom is -0.355 e. The Bertz CT molecular complexity index is 1640. The molecule has 0 radical (unpaired) electrons. The normalized spacial score (nSPS) is 13.2. The van der Waals surface area contributed by atoms with Crippen molar-refractivity contribution in [1.29, 1.82) is 0 Å². The molecule has 8 heteroatoms. The third-order valence-electron chi connectivity index (χ3n) is 5.90. The van der Waals surface area contributed by atoms with E-state index >= 15 is 0 Å². The molecule has 0 unspecified atom stereocenters. The highest BCUT2D eigenvalue weighted by Gasteiger charge is 2.23. The van der Waals surface area contributed by atoms with E-state index in [0.717, 1.165) is 39.1 Å². The van der Waals surface area contributed by atoms with E-state index in [9.17, 15) is 13.0 Å². The number of hydrogen-bond acceptors (Lipinski definition) is 4. The van der Waals surface area contributed by atoms with Gasteiger partial charge in [-0.2, -0.15) is 8.42 Å². The van der Waals surface area contributed by atoms with Crippen LogP contribution < -0.4 is 0 Å². The van der Waals surface area contributed by atoms with Crippen molar-refractivity contribution in [2.45, 2.75) is 25.7 Å². The number of aromatic amines is 1. The Morgan fingerprint density at radius 1 is 0.844 bits per heavy atom. The molecule has 8 bridgehead atoms. The molecule has 5 heterocycles. The van der Waals surface area contributed by atoms with E-state index in [1.807, 2.05) is 56.4 Å². The van der Waals surface area contributed by atoms with Crippen LogP contribution >= 0.6 is 0 Å². The Balaban J connectivity index is 2.05. The van der Waals surface area contributed by atoms with Gasteiger partial charge in [0.05, 0.1) is 33.8 Å². The highest BCUT2D eigenvalue weighted by molar-refractivity contribution is 7.86. The second-order valence-corrected chi connectivity index (χ2v) is 9.51.